The summed E-state index contributed by atoms with van der Waals surface area (Å²) in [6.45, 7) is 7.47. The SMILES string of the molecule is CC(C)(C)OC(=O)N1CCC(=Cc2ccc(Cn3ncccc3=O)cc2)CC1. The minimum Gasteiger partial charge on any atom is -0.444 e. The second-order valence-electron chi connectivity index (χ2n) is 8.03. The lowest BCUT2D eigenvalue weighted by molar-refractivity contribution is 0.0237. The van der Waals surface area contributed by atoms with E-state index < -0.39 is 5.60 Å². The molecule has 1 aliphatic heterocycles. The van der Waals surface area contributed by atoms with Crippen molar-refractivity contribution in [3.05, 3.63) is 69.6 Å². The van der Waals surface area contributed by atoms with Gasteiger partial charge in [0.2, 0.25) is 0 Å². The van der Waals surface area contributed by atoms with Gasteiger partial charge in [0.25, 0.3) is 5.56 Å². The highest BCUT2D eigenvalue weighted by atomic mass is 16.6. The molecule has 2 aromatic rings. The first-order chi connectivity index (χ1) is 13.3. The van der Waals surface area contributed by atoms with Crippen molar-refractivity contribution >= 4 is 12.2 Å². The Morgan fingerprint density at radius 3 is 2.43 bits per heavy atom. The van der Waals surface area contributed by atoms with Gasteiger partial charge < -0.3 is 9.64 Å². The van der Waals surface area contributed by atoms with Gasteiger partial charge in [0.05, 0.1) is 6.54 Å². The predicted molar refractivity (Wildman–Crippen MR) is 109 cm³/mol. The molecule has 0 spiro atoms. The van der Waals surface area contributed by atoms with Crippen molar-refractivity contribution < 1.29 is 9.53 Å². The van der Waals surface area contributed by atoms with E-state index in [1.807, 2.05) is 32.9 Å². The number of hydrogen-bond donors (Lipinski definition) is 0. The van der Waals surface area contributed by atoms with Gasteiger partial charge in [-0.25, -0.2) is 9.48 Å². The fraction of sp³-hybridized carbons (Fsp3) is 0.409. The number of carbonyl (C=O) groups excluding carboxylic acids is 1. The fourth-order valence-electron chi connectivity index (χ4n) is 3.08. The molecule has 3 rings (SSSR count). The van der Waals surface area contributed by atoms with Gasteiger partial charge in [0.1, 0.15) is 5.60 Å². The topological polar surface area (TPSA) is 64.4 Å². The van der Waals surface area contributed by atoms with Gasteiger partial charge in [0.15, 0.2) is 0 Å². The Bertz CT molecular complexity index is 898. The molecular weight excluding hydrogens is 354 g/mol. The molecule has 2 heterocycles. The number of benzene rings is 1. The molecule has 0 aliphatic carbocycles. The van der Waals surface area contributed by atoms with Crippen LogP contribution in [0.2, 0.25) is 0 Å². The lowest BCUT2D eigenvalue weighted by Crippen LogP contribution is -2.40. The molecule has 1 fully saturated rings. The van der Waals surface area contributed by atoms with Gasteiger partial charge in [-0.15, -0.1) is 0 Å². The number of piperidine rings is 1. The van der Waals surface area contributed by atoms with Crippen LogP contribution in [0.4, 0.5) is 4.79 Å². The highest BCUT2D eigenvalue weighted by Crippen LogP contribution is 2.21. The lowest BCUT2D eigenvalue weighted by atomic mass is 10.0. The molecule has 148 valence electrons. The Hall–Kier alpha value is -2.89. The summed E-state index contributed by atoms with van der Waals surface area (Å²) in [6, 6.07) is 11.3. The standard InChI is InChI=1S/C22H27N3O3/c1-22(2,3)28-21(27)24-13-10-18(11-14-24)15-17-6-8-19(9-7-17)16-25-20(26)5-4-12-23-25/h4-9,12,15H,10-11,13-14,16H2,1-3H3. The van der Waals surface area contributed by atoms with E-state index in [0.717, 1.165) is 24.0 Å². The van der Waals surface area contributed by atoms with Crippen LogP contribution in [-0.4, -0.2) is 39.5 Å². The molecule has 0 unspecified atom stereocenters. The van der Waals surface area contributed by atoms with Gasteiger partial charge in [-0.3, -0.25) is 4.79 Å². The van der Waals surface area contributed by atoms with Crippen LogP contribution in [0, 0.1) is 0 Å². The van der Waals surface area contributed by atoms with Crippen LogP contribution in [-0.2, 0) is 11.3 Å². The first kappa shape index (κ1) is 19.9. The quantitative estimate of drug-likeness (QED) is 0.813. The molecule has 6 heteroatoms. The molecule has 0 radical (unpaired) electrons. The molecule has 1 aliphatic rings. The van der Waals surface area contributed by atoms with Crippen molar-refractivity contribution in [2.75, 3.05) is 13.1 Å². The van der Waals surface area contributed by atoms with Crippen molar-refractivity contribution in [3.63, 3.8) is 0 Å². The molecule has 6 nitrogen and oxygen atoms in total. The summed E-state index contributed by atoms with van der Waals surface area (Å²) in [5.41, 5.74) is 2.91. The van der Waals surface area contributed by atoms with Gasteiger partial charge in [-0.05, 0) is 50.8 Å². The van der Waals surface area contributed by atoms with E-state index in [1.165, 1.54) is 16.3 Å². The van der Waals surface area contributed by atoms with Gasteiger partial charge in [-0.1, -0.05) is 35.9 Å². The third-order valence-electron chi connectivity index (χ3n) is 4.53. The van der Waals surface area contributed by atoms with E-state index in [0.29, 0.717) is 19.6 Å². The Balaban J connectivity index is 1.57. The molecule has 0 N–H and O–H groups in total. The second-order valence-corrected chi connectivity index (χ2v) is 8.03. The van der Waals surface area contributed by atoms with E-state index in [1.54, 1.807) is 17.2 Å². The van der Waals surface area contributed by atoms with Crippen molar-refractivity contribution in [2.45, 2.75) is 45.8 Å². The zero-order valence-corrected chi connectivity index (χ0v) is 16.7. The molecule has 1 saturated heterocycles. The Morgan fingerprint density at radius 1 is 1.14 bits per heavy atom. The molecule has 0 saturated carbocycles. The maximum Gasteiger partial charge on any atom is 0.410 e. The highest BCUT2D eigenvalue weighted by Gasteiger charge is 2.24. The van der Waals surface area contributed by atoms with E-state index >= 15 is 0 Å². The smallest absolute Gasteiger partial charge is 0.410 e. The summed E-state index contributed by atoms with van der Waals surface area (Å²) in [7, 11) is 0. The van der Waals surface area contributed by atoms with E-state index in [-0.39, 0.29) is 11.7 Å². The Kier molecular flexibility index (Phi) is 5.97. The van der Waals surface area contributed by atoms with E-state index in [9.17, 15) is 9.59 Å². The molecular formula is C22H27N3O3. The van der Waals surface area contributed by atoms with Crippen LogP contribution in [0.1, 0.15) is 44.7 Å². The van der Waals surface area contributed by atoms with Gasteiger partial charge >= 0.3 is 6.09 Å². The van der Waals surface area contributed by atoms with Crippen molar-refractivity contribution in [3.8, 4) is 0 Å². The summed E-state index contributed by atoms with van der Waals surface area (Å²) >= 11 is 0. The van der Waals surface area contributed by atoms with Crippen LogP contribution in [0.5, 0.6) is 0 Å². The number of carbonyl (C=O) groups is 1. The maximum absolute atomic E-state index is 12.1. The molecule has 0 atom stereocenters. The monoisotopic (exact) mass is 381 g/mol. The summed E-state index contributed by atoms with van der Waals surface area (Å²) in [4.78, 5) is 25.7. The minimum absolute atomic E-state index is 0.106. The molecule has 1 amide bonds. The normalized spacial score (nSPS) is 14.7. The maximum atomic E-state index is 12.1. The number of amides is 1. The van der Waals surface area contributed by atoms with Gasteiger partial charge in [0, 0.05) is 25.4 Å². The molecule has 28 heavy (non-hydrogen) atoms. The number of nitrogens with zero attached hydrogens (tertiary/aromatic N) is 3. The number of rotatable bonds is 3. The summed E-state index contributed by atoms with van der Waals surface area (Å²) in [6.07, 6.45) is 5.27. The van der Waals surface area contributed by atoms with Crippen LogP contribution >= 0.6 is 0 Å². The van der Waals surface area contributed by atoms with Crippen molar-refractivity contribution in [1.29, 1.82) is 0 Å². The van der Waals surface area contributed by atoms with Crippen LogP contribution < -0.4 is 5.56 Å². The average molecular weight is 381 g/mol. The average Bonchev–Trinajstić information content (AvgIpc) is 2.64. The van der Waals surface area contributed by atoms with Crippen LogP contribution in [0.15, 0.2) is 53.0 Å². The van der Waals surface area contributed by atoms with Crippen molar-refractivity contribution in [1.82, 2.24) is 14.7 Å². The van der Waals surface area contributed by atoms with Crippen LogP contribution in [0.3, 0.4) is 0 Å². The molecule has 1 aromatic heterocycles. The number of likely N-dealkylation sites (tertiary alicyclic amines) is 1. The molecule has 1 aromatic carbocycles. The summed E-state index contributed by atoms with van der Waals surface area (Å²) in [5.74, 6) is 0. The Morgan fingerprint density at radius 2 is 1.82 bits per heavy atom. The minimum atomic E-state index is -0.463. The highest BCUT2D eigenvalue weighted by molar-refractivity contribution is 5.68. The zero-order valence-electron chi connectivity index (χ0n) is 16.7. The first-order valence-corrected chi connectivity index (χ1v) is 9.59. The number of ether oxygens (including phenoxy) is 1. The van der Waals surface area contributed by atoms with Crippen LogP contribution in [0.25, 0.3) is 6.08 Å². The fourth-order valence-corrected chi connectivity index (χ4v) is 3.08. The zero-order chi connectivity index (χ0) is 20.1. The predicted octanol–water partition coefficient (Wildman–Crippen LogP) is 3.71. The summed E-state index contributed by atoms with van der Waals surface area (Å²) < 4.78 is 6.88. The van der Waals surface area contributed by atoms with Crippen molar-refractivity contribution in [2.24, 2.45) is 0 Å². The third kappa shape index (κ3) is 5.55. The molecule has 0 bridgehead atoms. The third-order valence-corrected chi connectivity index (χ3v) is 4.53. The second kappa shape index (κ2) is 8.42. The van der Waals surface area contributed by atoms with E-state index in [2.05, 4.69) is 23.3 Å². The van der Waals surface area contributed by atoms with Gasteiger partial charge in [-0.2, -0.15) is 5.10 Å². The number of hydrogen-bond acceptors (Lipinski definition) is 4. The number of aromatic nitrogens is 2. The van der Waals surface area contributed by atoms with E-state index in [4.69, 9.17) is 4.74 Å². The Labute approximate surface area is 165 Å². The lowest BCUT2D eigenvalue weighted by Gasteiger charge is -2.31. The largest absolute Gasteiger partial charge is 0.444 e. The summed E-state index contributed by atoms with van der Waals surface area (Å²) in [5, 5.41) is 4.08. The first-order valence-electron chi connectivity index (χ1n) is 9.59.